The maximum absolute atomic E-state index is 10.8. The van der Waals surface area contributed by atoms with Gasteiger partial charge in [-0.2, -0.15) is 0 Å². The molecule has 0 atom stereocenters. The Morgan fingerprint density at radius 3 is 2.87 bits per heavy atom. The lowest BCUT2D eigenvalue weighted by atomic mass is 10.3. The van der Waals surface area contributed by atoms with E-state index in [0.29, 0.717) is 5.56 Å². The fraction of sp³-hybridized carbons (Fsp3) is 0.200. The van der Waals surface area contributed by atoms with Gasteiger partial charge in [-0.05, 0) is 13.0 Å². The molecule has 0 aliphatic heterocycles. The molecule has 2 N–H and O–H groups in total. The number of carboxylic acid groups (broad SMARTS) is 1. The van der Waals surface area contributed by atoms with Gasteiger partial charge in [-0.3, -0.25) is 0 Å². The zero-order chi connectivity index (χ0) is 11.3. The summed E-state index contributed by atoms with van der Waals surface area (Å²) in [5, 5.41) is 8.59. The number of ether oxygens (including phenoxy) is 1. The maximum atomic E-state index is 10.8. The second-order valence-electron chi connectivity index (χ2n) is 2.58. The molecule has 0 saturated heterocycles. The van der Waals surface area contributed by atoms with Crippen LogP contribution in [0.5, 0.6) is 0 Å². The van der Waals surface area contributed by atoms with Crippen LogP contribution in [0.15, 0.2) is 12.3 Å². The topological polar surface area (TPSA) is 79.4 Å². The van der Waals surface area contributed by atoms with Gasteiger partial charge in [-0.15, -0.1) is 0 Å². The van der Waals surface area contributed by atoms with E-state index in [-0.39, 0.29) is 12.3 Å². The van der Waals surface area contributed by atoms with Crippen molar-refractivity contribution in [1.29, 1.82) is 0 Å². The van der Waals surface area contributed by atoms with Crippen LogP contribution >= 0.6 is 0 Å². The molecule has 1 aromatic rings. The fourth-order valence-electron chi connectivity index (χ4n) is 0.880. The Hall–Kier alpha value is -2.22. The molecule has 78 valence electrons. The van der Waals surface area contributed by atoms with Gasteiger partial charge in [0.15, 0.2) is 0 Å². The van der Waals surface area contributed by atoms with Crippen molar-refractivity contribution >= 4 is 11.9 Å². The Labute approximate surface area is 86.1 Å². The Balaban J connectivity index is 2.72. The molecule has 0 bridgehead atoms. The normalized spacial score (nSPS) is 8.87. The van der Waals surface area contributed by atoms with Crippen molar-refractivity contribution in [3.63, 3.8) is 0 Å². The highest BCUT2D eigenvalue weighted by molar-refractivity contribution is 5.89. The van der Waals surface area contributed by atoms with Crippen LogP contribution < -0.4 is 0 Å². The van der Waals surface area contributed by atoms with Crippen molar-refractivity contribution in [2.75, 3.05) is 6.61 Å². The largest absolute Gasteiger partial charge is 0.477 e. The number of aromatic amines is 1. The van der Waals surface area contributed by atoms with Gasteiger partial charge >= 0.3 is 11.9 Å². The molecule has 0 saturated carbocycles. The summed E-state index contributed by atoms with van der Waals surface area (Å²) in [6, 6.07) is 1.34. The van der Waals surface area contributed by atoms with E-state index in [2.05, 4.69) is 21.6 Å². The smallest absolute Gasteiger partial charge is 0.384 e. The van der Waals surface area contributed by atoms with Crippen LogP contribution in [0.4, 0.5) is 0 Å². The number of carbonyl (C=O) groups is 2. The average Bonchev–Trinajstić information content (AvgIpc) is 2.63. The summed E-state index contributed by atoms with van der Waals surface area (Å²) < 4.78 is 4.58. The lowest BCUT2D eigenvalue weighted by Crippen LogP contribution is -1.99. The molecule has 1 aromatic heterocycles. The van der Waals surface area contributed by atoms with Gasteiger partial charge in [0.2, 0.25) is 0 Å². The predicted molar refractivity (Wildman–Crippen MR) is 51.3 cm³/mol. The van der Waals surface area contributed by atoms with Gasteiger partial charge in [-0.1, -0.05) is 5.92 Å². The highest BCUT2D eigenvalue weighted by Gasteiger charge is 2.04. The first-order chi connectivity index (χ1) is 7.13. The quantitative estimate of drug-likeness (QED) is 0.550. The molecule has 0 aliphatic carbocycles. The van der Waals surface area contributed by atoms with Crippen LogP contribution in [0.2, 0.25) is 0 Å². The summed E-state index contributed by atoms with van der Waals surface area (Å²) in [5.74, 6) is 3.01. The zero-order valence-electron chi connectivity index (χ0n) is 8.03. The van der Waals surface area contributed by atoms with Crippen LogP contribution in [-0.2, 0) is 9.53 Å². The highest BCUT2D eigenvalue weighted by atomic mass is 16.5. The summed E-state index contributed by atoms with van der Waals surface area (Å²) in [6.45, 7) is 1.94. The molecule has 0 spiro atoms. The molecule has 5 heteroatoms. The number of hydrogen-bond donors (Lipinski definition) is 2. The fourth-order valence-corrected chi connectivity index (χ4v) is 0.880. The van der Waals surface area contributed by atoms with Crippen LogP contribution in [-0.4, -0.2) is 28.6 Å². The SMILES string of the molecule is CCOC(=O)C#Cc1c[nH]c(C(=O)O)c1. The van der Waals surface area contributed by atoms with Crippen molar-refractivity contribution in [3.05, 3.63) is 23.5 Å². The summed E-state index contributed by atoms with van der Waals surface area (Å²) in [5.41, 5.74) is 0.462. The number of H-pyrrole nitrogens is 1. The van der Waals surface area contributed by atoms with E-state index in [1.165, 1.54) is 12.3 Å². The Morgan fingerprint density at radius 1 is 1.60 bits per heavy atom. The number of esters is 1. The number of aromatic nitrogens is 1. The van der Waals surface area contributed by atoms with E-state index in [1.807, 2.05) is 0 Å². The van der Waals surface area contributed by atoms with Crippen LogP contribution in [0.3, 0.4) is 0 Å². The van der Waals surface area contributed by atoms with E-state index in [9.17, 15) is 9.59 Å². The van der Waals surface area contributed by atoms with Gasteiger partial charge in [0.25, 0.3) is 0 Å². The third-order valence-electron chi connectivity index (χ3n) is 1.50. The summed E-state index contributed by atoms with van der Waals surface area (Å²) >= 11 is 0. The summed E-state index contributed by atoms with van der Waals surface area (Å²) in [4.78, 5) is 23.8. The van der Waals surface area contributed by atoms with E-state index in [4.69, 9.17) is 5.11 Å². The van der Waals surface area contributed by atoms with Gasteiger partial charge in [0.05, 0.1) is 6.61 Å². The highest BCUT2D eigenvalue weighted by Crippen LogP contribution is 2.01. The predicted octanol–water partition coefficient (Wildman–Crippen LogP) is 0.628. The van der Waals surface area contributed by atoms with Crippen LogP contribution in [0, 0.1) is 11.8 Å². The Morgan fingerprint density at radius 2 is 2.33 bits per heavy atom. The molecule has 0 unspecified atom stereocenters. The van der Waals surface area contributed by atoms with E-state index in [0.717, 1.165) is 0 Å². The first-order valence-corrected chi connectivity index (χ1v) is 4.24. The van der Waals surface area contributed by atoms with Gasteiger partial charge in [0, 0.05) is 17.7 Å². The van der Waals surface area contributed by atoms with Crippen molar-refractivity contribution in [1.82, 2.24) is 4.98 Å². The number of rotatable bonds is 2. The average molecular weight is 207 g/mol. The van der Waals surface area contributed by atoms with Crippen molar-refractivity contribution in [2.45, 2.75) is 6.92 Å². The van der Waals surface area contributed by atoms with Crippen molar-refractivity contribution < 1.29 is 19.4 Å². The molecule has 1 heterocycles. The second-order valence-corrected chi connectivity index (χ2v) is 2.58. The number of nitrogens with one attached hydrogen (secondary N) is 1. The van der Waals surface area contributed by atoms with Gasteiger partial charge in [-0.25, -0.2) is 9.59 Å². The van der Waals surface area contributed by atoms with Gasteiger partial charge in [0.1, 0.15) is 5.69 Å². The molecule has 1 rings (SSSR count). The van der Waals surface area contributed by atoms with E-state index < -0.39 is 11.9 Å². The minimum atomic E-state index is -1.07. The zero-order valence-corrected chi connectivity index (χ0v) is 8.03. The number of aromatic carboxylic acids is 1. The maximum Gasteiger partial charge on any atom is 0.384 e. The summed E-state index contributed by atoms with van der Waals surface area (Å²) in [6.07, 6.45) is 1.41. The molecule has 0 aliphatic rings. The van der Waals surface area contributed by atoms with Crippen LogP contribution in [0.1, 0.15) is 23.0 Å². The van der Waals surface area contributed by atoms with Crippen LogP contribution in [0.25, 0.3) is 0 Å². The van der Waals surface area contributed by atoms with E-state index in [1.54, 1.807) is 6.92 Å². The summed E-state index contributed by atoms with van der Waals surface area (Å²) in [7, 11) is 0. The molecular formula is C10H9NO4. The number of carboxylic acids is 1. The molecule has 0 fully saturated rings. The first-order valence-electron chi connectivity index (χ1n) is 4.24. The number of hydrogen-bond acceptors (Lipinski definition) is 3. The van der Waals surface area contributed by atoms with Gasteiger partial charge < -0.3 is 14.8 Å². The third kappa shape index (κ3) is 3.19. The third-order valence-corrected chi connectivity index (χ3v) is 1.50. The minimum absolute atomic E-state index is 0.0307. The molecule has 15 heavy (non-hydrogen) atoms. The van der Waals surface area contributed by atoms with Crippen molar-refractivity contribution in [3.8, 4) is 11.8 Å². The lowest BCUT2D eigenvalue weighted by Gasteiger charge is -1.89. The number of carbonyl (C=O) groups excluding carboxylic acids is 1. The molecule has 0 aromatic carbocycles. The first kappa shape index (κ1) is 10.9. The Bertz CT molecular complexity index is 436. The Kier molecular flexibility index (Phi) is 3.52. The molecular weight excluding hydrogens is 198 g/mol. The van der Waals surface area contributed by atoms with Crippen molar-refractivity contribution in [2.24, 2.45) is 0 Å². The molecule has 0 amide bonds. The second kappa shape index (κ2) is 4.86. The lowest BCUT2D eigenvalue weighted by molar-refractivity contribution is -0.136. The molecule has 0 radical (unpaired) electrons. The standard InChI is InChI=1S/C10H9NO4/c1-2-15-9(12)4-3-7-5-8(10(13)14)11-6-7/h5-6,11H,2H2,1H3,(H,13,14). The van der Waals surface area contributed by atoms with E-state index >= 15 is 0 Å². The molecule has 5 nitrogen and oxygen atoms in total. The minimum Gasteiger partial charge on any atom is -0.477 e. The monoisotopic (exact) mass is 207 g/mol.